The predicted molar refractivity (Wildman–Crippen MR) is 66.9 cm³/mol. The molecule has 112 valence electrons. The molecule has 1 saturated heterocycles. The Labute approximate surface area is 111 Å². The van der Waals surface area contributed by atoms with E-state index in [4.69, 9.17) is 10.2 Å². The SMILES string of the molecule is O=C(O)[C@@H](O)CCNS(=O)(=O)C1CCS(=O)(=O)CC1. The van der Waals surface area contributed by atoms with Crippen LogP contribution in [0.2, 0.25) is 0 Å². The normalized spacial score (nSPS) is 21.9. The molecule has 0 spiro atoms. The Morgan fingerprint density at radius 2 is 1.84 bits per heavy atom. The van der Waals surface area contributed by atoms with Gasteiger partial charge >= 0.3 is 5.97 Å². The van der Waals surface area contributed by atoms with Gasteiger partial charge in [0.25, 0.3) is 0 Å². The van der Waals surface area contributed by atoms with Crippen LogP contribution in [0.1, 0.15) is 19.3 Å². The van der Waals surface area contributed by atoms with Crippen LogP contribution < -0.4 is 4.72 Å². The van der Waals surface area contributed by atoms with E-state index in [9.17, 15) is 21.6 Å². The summed E-state index contributed by atoms with van der Waals surface area (Å²) >= 11 is 0. The summed E-state index contributed by atoms with van der Waals surface area (Å²) in [5.41, 5.74) is 0. The third-order valence-corrected chi connectivity index (χ3v) is 6.62. The van der Waals surface area contributed by atoms with Crippen molar-refractivity contribution in [2.75, 3.05) is 18.1 Å². The van der Waals surface area contributed by atoms with Crippen molar-refractivity contribution < 1.29 is 31.8 Å². The van der Waals surface area contributed by atoms with Gasteiger partial charge in [0.2, 0.25) is 10.0 Å². The fraction of sp³-hybridized carbons (Fsp3) is 0.889. The number of carboxylic acid groups (broad SMARTS) is 1. The van der Waals surface area contributed by atoms with E-state index in [2.05, 4.69) is 4.72 Å². The van der Waals surface area contributed by atoms with Gasteiger partial charge in [-0.3, -0.25) is 0 Å². The van der Waals surface area contributed by atoms with Crippen molar-refractivity contribution in [3.05, 3.63) is 0 Å². The first-order chi connectivity index (χ1) is 8.64. The molecule has 1 aliphatic heterocycles. The number of hydrogen-bond acceptors (Lipinski definition) is 6. The summed E-state index contributed by atoms with van der Waals surface area (Å²) in [6.45, 7) is -0.195. The summed E-state index contributed by atoms with van der Waals surface area (Å²) in [4.78, 5) is 10.3. The third kappa shape index (κ3) is 5.05. The molecule has 0 aromatic heterocycles. The number of carboxylic acids is 1. The lowest BCUT2D eigenvalue weighted by molar-refractivity contribution is -0.146. The van der Waals surface area contributed by atoms with Gasteiger partial charge < -0.3 is 10.2 Å². The van der Waals surface area contributed by atoms with Gasteiger partial charge in [-0.2, -0.15) is 0 Å². The van der Waals surface area contributed by atoms with Gasteiger partial charge in [0, 0.05) is 6.54 Å². The van der Waals surface area contributed by atoms with Crippen LogP contribution in [0.25, 0.3) is 0 Å². The largest absolute Gasteiger partial charge is 0.479 e. The van der Waals surface area contributed by atoms with Gasteiger partial charge in [0.05, 0.1) is 16.8 Å². The van der Waals surface area contributed by atoms with Crippen LogP contribution >= 0.6 is 0 Å². The number of carbonyl (C=O) groups is 1. The minimum Gasteiger partial charge on any atom is -0.479 e. The summed E-state index contributed by atoms with van der Waals surface area (Å²) in [6.07, 6.45) is -1.77. The van der Waals surface area contributed by atoms with Gasteiger partial charge in [0.15, 0.2) is 6.10 Å². The first kappa shape index (κ1) is 16.3. The van der Waals surface area contributed by atoms with Crippen LogP contribution in [0.5, 0.6) is 0 Å². The van der Waals surface area contributed by atoms with Gasteiger partial charge in [-0.05, 0) is 19.3 Å². The standard InChI is InChI=1S/C9H17NO7S2/c11-8(9(12)13)1-4-10-19(16,17)7-2-5-18(14,15)6-3-7/h7-8,10-11H,1-6H2,(H,12,13)/t8-/m0/s1. The van der Waals surface area contributed by atoms with Gasteiger partial charge in [-0.25, -0.2) is 26.4 Å². The van der Waals surface area contributed by atoms with Crippen molar-refractivity contribution in [2.24, 2.45) is 0 Å². The van der Waals surface area contributed by atoms with Crippen LogP contribution in [0.3, 0.4) is 0 Å². The van der Waals surface area contributed by atoms with E-state index in [1.165, 1.54) is 0 Å². The van der Waals surface area contributed by atoms with E-state index in [-0.39, 0.29) is 37.3 Å². The Morgan fingerprint density at radius 3 is 2.32 bits per heavy atom. The van der Waals surface area contributed by atoms with E-state index in [1.807, 2.05) is 0 Å². The maximum atomic E-state index is 11.8. The van der Waals surface area contributed by atoms with E-state index in [1.54, 1.807) is 0 Å². The monoisotopic (exact) mass is 315 g/mol. The summed E-state index contributed by atoms with van der Waals surface area (Å²) in [7, 11) is -6.80. The van der Waals surface area contributed by atoms with Gasteiger partial charge in [-0.1, -0.05) is 0 Å². The maximum absolute atomic E-state index is 11.8. The summed E-state index contributed by atoms with van der Waals surface area (Å²) in [6, 6.07) is 0. The zero-order valence-electron chi connectivity index (χ0n) is 10.1. The highest BCUT2D eigenvalue weighted by molar-refractivity contribution is 7.92. The molecule has 0 aliphatic carbocycles. The average molecular weight is 315 g/mol. The lowest BCUT2D eigenvalue weighted by atomic mass is 10.2. The first-order valence-electron chi connectivity index (χ1n) is 5.74. The van der Waals surface area contributed by atoms with Crippen molar-refractivity contribution in [1.29, 1.82) is 0 Å². The molecule has 0 bridgehead atoms. The lowest BCUT2D eigenvalue weighted by Gasteiger charge is -2.22. The molecule has 8 nitrogen and oxygen atoms in total. The first-order valence-corrected chi connectivity index (χ1v) is 9.10. The number of aliphatic hydroxyl groups excluding tert-OH is 1. The van der Waals surface area contributed by atoms with E-state index in [0.717, 1.165) is 0 Å². The highest BCUT2D eigenvalue weighted by atomic mass is 32.2. The second-order valence-electron chi connectivity index (χ2n) is 4.43. The Morgan fingerprint density at radius 1 is 1.32 bits per heavy atom. The van der Waals surface area contributed by atoms with Crippen LogP contribution in [0, 0.1) is 0 Å². The molecule has 0 aromatic rings. The fourth-order valence-corrected chi connectivity index (χ4v) is 5.04. The Hall–Kier alpha value is -0.710. The fourth-order valence-electron chi connectivity index (χ4n) is 1.76. The number of aliphatic hydroxyl groups is 1. The number of hydrogen-bond donors (Lipinski definition) is 3. The van der Waals surface area contributed by atoms with E-state index < -0.39 is 37.2 Å². The van der Waals surface area contributed by atoms with E-state index >= 15 is 0 Å². The van der Waals surface area contributed by atoms with Crippen molar-refractivity contribution in [2.45, 2.75) is 30.6 Å². The number of aliphatic carboxylic acids is 1. The topological polar surface area (TPSA) is 138 Å². The number of sulfone groups is 1. The van der Waals surface area contributed by atoms with Crippen molar-refractivity contribution in [1.82, 2.24) is 4.72 Å². The minimum absolute atomic E-state index is 0.0408. The summed E-state index contributed by atoms with van der Waals surface area (Å²) in [5.74, 6) is -1.73. The van der Waals surface area contributed by atoms with Crippen LogP contribution in [0.4, 0.5) is 0 Å². The summed E-state index contributed by atoms with van der Waals surface area (Å²) in [5, 5.41) is 16.6. The Kier molecular flexibility index (Phi) is 5.30. The zero-order chi connectivity index (χ0) is 14.7. The third-order valence-electron chi connectivity index (χ3n) is 2.95. The Balaban J connectivity index is 2.47. The second kappa shape index (κ2) is 6.16. The Bertz CT molecular complexity index is 511. The molecule has 0 saturated carbocycles. The lowest BCUT2D eigenvalue weighted by Crippen LogP contribution is -2.41. The number of nitrogens with one attached hydrogen (secondary N) is 1. The highest BCUT2D eigenvalue weighted by Crippen LogP contribution is 2.18. The molecule has 0 amide bonds. The number of rotatable bonds is 6. The molecular weight excluding hydrogens is 298 g/mol. The smallest absolute Gasteiger partial charge is 0.332 e. The molecule has 1 atom stereocenters. The minimum atomic E-state index is -3.67. The zero-order valence-corrected chi connectivity index (χ0v) is 11.8. The maximum Gasteiger partial charge on any atom is 0.332 e. The molecule has 0 aromatic carbocycles. The molecule has 10 heteroatoms. The van der Waals surface area contributed by atoms with Crippen LogP contribution in [-0.4, -0.2) is 62.4 Å². The van der Waals surface area contributed by atoms with Crippen molar-refractivity contribution in [3.63, 3.8) is 0 Å². The molecule has 19 heavy (non-hydrogen) atoms. The molecule has 1 aliphatic rings. The highest BCUT2D eigenvalue weighted by Gasteiger charge is 2.32. The molecule has 0 radical (unpaired) electrons. The molecule has 1 rings (SSSR count). The van der Waals surface area contributed by atoms with Crippen molar-refractivity contribution in [3.8, 4) is 0 Å². The van der Waals surface area contributed by atoms with Crippen molar-refractivity contribution >= 4 is 25.8 Å². The van der Waals surface area contributed by atoms with Crippen LogP contribution in [0.15, 0.2) is 0 Å². The molecule has 1 fully saturated rings. The number of sulfonamides is 1. The quantitative estimate of drug-likeness (QED) is 0.532. The molecular formula is C9H17NO7S2. The molecule has 1 heterocycles. The summed E-state index contributed by atoms with van der Waals surface area (Å²) < 4.78 is 48.2. The average Bonchev–Trinajstić information content (AvgIpc) is 2.27. The molecule has 3 N–H and O–H groups in total. The van der Waals surface area contributed by atoms with Crippen LogP contribution in [-0.2, 0) is 24.7 Å². The predicted octanol–water partition coefficient (Wildman–Crippen LogP) is -1.68. The van der Waals surface area contributed by atoms with E-state index in [0.29, 0.717) is 0 Å². The van der Waals surface area contributed by atoms with Gasteiger partial charge in [-0.15, -0.1) is 0 Å². The molecule has 0 unspecified atom stereocenters. The second-order valence-corrected chi connectivity index (χ2v) is 8.78. The van der Waals surface area contributed by atoms with Gasteiger partial charge in [0.1, 0.15) is 9.84 Å².